The third-order valence-electron chi connectivity index (χ3n) is 5.91. The molecule has 0 aliphatic carbocycles. The molecule has 1 aliphatic heterocycles. The number of nitrogens with zero attached hydrogens (tertiary/aromatic N) is 4. The number of amides is 1. The summed E-state index contributed by atoms with van der Waals surface area (Å²) in [5.41, 5.74) is 8.51. The van der Waals surface area contributed by atoms with Crippen molar-refractivity contribution in [2.75, 3.05) is 25.9 Å². The maximum atomic E-state index is 13.2. The van der Waals surface area contributed by atoms with Crippen molar-refractivity contribution < 1.29 is 14.3 Å². The van der Waals surface area contributed by atoms with Crippen molar-refractivity contribution in [2.24, 2.45) is 5.92 Å². The van der Waals surface area contributed by atoms with Crippen LogP contribution in [-0.4, -0.2) is 51.6 Å². The highest BCUT2D eigenvalue weighted by Gasteiger charge is 2.31. The van der Waals surface area contributed by atoms with Crippen LogP contribution in [0.15, 0.2) is 55.0 Å². The van der Waals surface area contributed by atoms with Gasteiger partial charge >= 0.3 is 0 Å². The van der Waals surface area contributed by atoms with E-state index in [9.17, 15) is 9.59 Å². The predicted octanol–water partition coefficient (Wildman–Crippen LogP) is 2.91. The summed E-state index contributed by atoms with van der Waals surface area (Å²) >= 11 is 0. The van der Waals surface area contributed by atoms with Crippen molar-refractivity contribution in [2.45, 2.75) is 25.7 Å². The first-order chi connectivity index (χ1) is 15.6. The monoisotopic (exact) mass is 433 g/mol. The number of likely N-dealkylation sites (tertiary alicyclic amines) is 1. The Balaban J connectivity index is 1.41. The van der Waals surface area contributed by atoms with E-state index >= 15 is 0 Å². The van der Waals surface area contributed by atoms with Crippen molar-refractivity contribution in [3.05, 3.63) is 66.1 Å². The fourth-order valence-electron chi connectivity index (χ4n) is 4.07. The highest BCUT2D eigenvalue weighted by molar-refractivity contribution is 6.02. The minimum atomic E-state index is -0.274. The summed E-state index contributed by atoms with van der Waals surface area (Å²) in [6.45, 7) is 1.10. The van der Waals surface area contributed by atoms with Crippen molar-refractivity contribution in [3.63, 3.8) is 0 Å². The molecule has 3 aromatic rings. The third-order valence-corrected chi connectivity index (χ3v) is 5.91. The van der Waals surface area contributed by atoms with Gasteiger partial charge in [-0.2, -0.15) is 5.10 Å². The number of carbonyl (C=O) groups excluding carboxylic acids is 2. The topological polar surface area (TPSA) is 103 Å². The molecule has 4 rings (SSSR count). The van der Waals surface area contributed by atoms with Crippen LogP contribution in [0.3, 0.4) is 0 Å². The SMILES string of the molecule is COc1ccc(-n2ncc(C(=O)C3CCCN(C(=O)CCc4ccncc4)C3)c2N)cc1. The molecule has 0 bridgehead atoms. The van der Waals surface area contributed by atoms with E-state index in [0.29, 0.717) is 37.3 Å². The second-order valence-electron chi connectivity index (χ2n) is 7.95. The molecular weight excluding hydrogens is 406 g/mol. The number of nitrogen functional groups attached to an aromatic ring is 1. The molecule has 3 heterocycles. The summed E-state index contributed by atoms with van der Waals surface area (Å²) in [5.74, 6) is 0.771. The van der Waals surface area contributed by atoms with E-state index in [1.807, 2.05) is 36.4 Å². The summed E-state index contributed by atoms with van der Waals surface area (Å²) in [4.78, 5) is 31.8. The summed E-state index contributed by atoms with van der Waals surface area (Å²) in [7, 11) is 1.60. The largest absolute Gasteiger partial charge is 0.497 e. The Morgan fingerprint density at radius 2 is 1.91 bits per heavy atom. The maximum Gasteiger partial charge on any atom is 0.222 e. The van der Waals surface area contributed by atoms with Gasteiger partial charge in [-0.25, -0.2) is 4.68 Å². The maximum absolute atomic E-state index is 13.2. The van der Waals surface area contributed by atoms with Gasteiger partial charge in [-0.1, -0.05) is 0 Å². The standard InChI is InChI=1S/C24H27N5O3/c1-32-20-7-5-19(6-8-20)29-24(25)21(15-27-29)23(31)18-3-2-14-28(16-18)22(30)9-4-17-10-12-26-13-11-17/h5-8,10-13,15,18H,2-4,9,14,16,25H2,1H3. The smallest absolute Gasteiger partial charge is 0.222 e. The molecule has 0 saturated carbocycles. The molecule has 1 aliphatic rings. The molecule has 8 heteroatoms. The molecule has 8 nitrogen and oxygen atoms in total. The van der Waals surface area contributed by atoms with E-state index in [4.69, 9.17) is 10.5 Å². The number of benzene rings is 1. The Kier molecular flexibility index (Phi) is 6.49. The zero-order chi connectivity index (χ0) is 22.5. The lowest BCUT2D eigenvalue weighted by atomic mass is 9.90. The Hall–Kier alpha value is -3.68. The van der Waals surface area contributed by atoms with Gasteiger partial charge in [-0.15, -0.1) is 0 Å². The van der Waals surface area contributed by atoms with Crippen LogP contribution in [0, 0.1) is 5.92 Å². The van der Waals surface area contributed by atoms with E-state index in [1.54, 1.807) is 29.1 Å². The molecule has 1 amide bonds. The highest BCUT2D eigenvalue weighted by atomic mass is 16.5. The van der Waals surface area contributed by atoms with E-state index in [2.05, 4.69) is 10.1 Å². The van der Waals surface area contributed by atoms with Crippen molar-refractivity contribution in [1.29, 1.82) is 0 Å². The van der Waals surface area contributed by atoms with Gasteiger partial charge in [-0.3, -0.25) is 14.6 Å². The molecule has 1 fully saturated rings. The summed E-state index contributed by atoms with van der Waals surface area (Å²) < 4.78 is 6.73. The van der Waals surface area contributed by atoms with Gasteiger partial charge in [0, 0.05) is 37.8 Å². The van der Waals surface area contributed by atoms with Gasteiger partial charge in [0.2, 0.25) is 5.91 Å². The lowest BCUT2D eigenvalue weighted by Crippen LogP contribution is -2.42. The number of hydrogen-bond acceptors (Lipinski definition) is 6. The number of hydrogen-bond donors (Lipinski definition) is 1. The molecule has 32 heavy (non-hydrogen) atoms. The number of rotatable bonds is 7. The van der Waals surface area contributed by atoms with Gasteiger partial charge in [-0.05, 0) is 61.2 Å². The van der Waals surface area contributed by atoms with Crippen LogP contribution in [0.1, 0.15) is 35.2 Å². The van der Waals surface area contributed by atoms with Crippen LogP contribution in [0.5, 0.6) is 5.75 Å². The molecule has 1 aromatic carbocycles. The number of pyridine rings is 1. The molecule has 0 spiro atoms. The van der Waals surface area contributed by atoms with Gasteiger partial charge in [0.05, 0.1) is 24.6 Å². The number of carbonyl (C=O) groups is 2. The highest BCUT2D eigenvalue weighted by Crippen LogP contribution is 2.26. The van der Waals surface area contributed by atoms with Crippen LogP contribution in [0.4, 0.5) is 5.82 Å². The molecule has 1 unspecified atom stereocenters. The first kappa shape index (κ1) is 21.5. The Labute approximate surface area is 187 Å². The van der Waals surface area contributed by atoms with Crippen molar-refractivity contribution in [1.82, 2.24) is 19.7 Å². The van der Waals surface area contributed by atoms with Crippen LogP contribution >= 0.6 is 0 Å². The number of aryl methyl sites for hydroxylation is 1. The average molecular weight is 434 g/mol. The molecule has 1 saturated heterocycles. The number of aromatic nitrogens is 3. The van der Waals surface area contributed by atoms with Crippen LogP contribution < -0.4 is 10.5 Å². The van der Waals surface area contributed by atoms with Crippen LogP contribution in [-0.2, 0) is 11.2 Å². The number of piperidine rings is 1. The molecule has 1 atom stereocenters. The molecule has 2 aromatic heterocycles. The first-order valence-corrected chi connectivity index (χ1v) is 10.8. The zero-order valence-corrected chi connectivity index (χ0v) is 18.1. The summed E-state index contributed by atoms with van der Waals surface area (Å²) in [5, 5.41) is 4.32. The van der Waals surface area contributed by atoms with Gasteiger partial charge in [0.15, 0.2) is 5.78 Å². The van der Waals surface area contributed by atoms with Crippen molar-refractivity contribution >= 4 is 17.5 Å². The number of methoxy groups -OCH3 is 1. The number of anilines is 1. The van der Waals surface area contributed by atoms with E-state index < -0.39 is 0 Å². The lowest BCUT2D eigenvalue weighted by Gasteiger charge is -2.32. The fraction of sp³-hybridized carbons (Fsp3) is 0.333. The van der Waals surface area contributed by atoms with Gasteiger partial charge < -0.3 is 15.4 Å². The lowest BCUT2D eigenvalue weighted by molar-refractivity contribution is -0.132. The normalized spacial score (nSPS) is 16.0. The van der Waals surface area contributed by atoms with Gasteiger partial charge in [0.25, 0.3) is 0 Å². The third kappa shape index (κ3) is 4.64. The van der Waals surface area contributed by atoms with E-state index in [0.717, 1.165) is 29.8 Å². The summed E-state index contributed by atoms with van der Waals surface area (Å²) in [6.07, 6.45) is 7.59. The molecule has 166 valence electrons. The Bertz CT molecular complexity index is 1080. The molecular formula is C24H27N5O3. The van der Waals surface area contributed by atoms with Crippen molar-refractivity contribution in [3.8, 4) is 11.4 Å². The predicted molar refractivity (Wildman–Crippen MR) is 121 cm³/mol. The van der Waals surface area contributed by atoms with E-state index in [-0.39, 0.29) is 17.6 Å². The minimum Gasteiger partial charge on any atom is -0.497 e. The first-order valence-electron chi connectivity index (χ1n) is 10.8. The Morgan fingerprint density at radius 3 is 2.62 bits per heavy atom. The average Bonchev–Trinajstić information content (AvgIpc) is 3.24. The molecule has 2 N–H and O–H groups in total. The molecule has 0 radical (unpaired) electrons. The van der Waals surface area contributed by atoms with Crippen LogP contribution in [0.2, 0.25) is 0 Å². The fourth-order valence-corrected chi connectivity index (χ4v) is 4.07. The second-order valence-corrected chi connectivity index (χ2v) is 7.95. The van der Waals surface area contributed by atoms with E-state index in [1.165, 1.54) is 6.20 Å². The van der Waals surface area contributed by atoms with Crippen LogP contribution in [0.25, 0.3) is 5.69 Å². The summed E-state index contributed by atoms with van der Waals surface area (Å²) in [6, 6.07) is 11.1. The number of ketones is 1. The second kappa shape index (κ2) is 9.64. The quantitative estimate of drug-likeness (QED) is 0.575. The zero-order valence-electron chi connectivity index (χ0n) is 18.1. The Morgan fingerprint density at radius 1 is 1.16 bits per heavy atom. The number of ether oxygens (including phenoxy) is 1. The minimum absolute atomic E-state index is 0.0612. The number of Topliss-reactive ketones (excluding diaryl/α,β-unsaturated/α-hetero) is 1. The number of nitrogens with two attached hydrogens (primary N) is 1. The van der Waals surface area contributed by atoms with Gasteiger partial charge in [0.1, 0.15) is 11.6 Å².